The standard InChI is InChI=1S/C25H21N3O3/c1-15-9-10-28-14-20(26-23(28)11-15)17-8-7-16(2)19(12-17)27-25(29)22-13-18-5-4-6-21(30-3)24(18)31-22/h4-14H,1-3H3,(H,27,29). The normalized spacial score (nSPS) is 11.2. The number of fused-ring (bicyclic) bond motifs is 2. The summed E-state index contributed by atoms with van der Waals surface area (Å²) in [5.41, 5.74) is 6.03. The van der Waals surface area contributed by atoms with Crippen molar-refractivity contribution in [3.05, 3.63) is 83.9 Å². The molecular formula is C25H21N3O3. The molecule has 6 heteroatoms. The summed E-state index contributed by atoms with van der Waals surface area (Å²) < 4.78 is 13.1. The van der Waals surface area contributed by atoms with Crippen molar-refractivity contribution in [3.8, 4) is 17.0 Å². The minimum Gasteiger partial charge on any atom is -0.493 e. The smallest absolute Gasteiger partial charge is 0.291 e. The molecule has 0 fully saturated rings. The minimum absolute atomic E-state index is 0.229. The second-order valence-corrected chi connectivity index (χ2v) is 7.57. The summed E-state index contributed by atoms with van der Waals surface area (Å²) in [6.07, 6.45) is 3.98. The maximum Gasteiger partial charge on any atom is 0.291 e. The number of benzene rings is 2. The number of methoxy groups -OCH3 is 1. The number of rotatable bonds is 4. The highest BCUT2D eigenvalue weighted by atomic mass is 16.5. The van der Waals surface area contributed by atoms with Crippen LogP contribution >= 0.6 is 0 Å². The molecule has 6 nitrogen and oxygen atoms in total. The van der Waals surface area contributed by atoms with Crippen LogP contribution in [0.25, 0.3) is 27.9 Å². The van der Waals surface area contributed by atoms with Gasteiger partial charge in [-0.2, -0.15) is 0 Å². The van der Waals surface area contributed by atoms with E-state index in [9.17, 15) is 4.79 Å². The molecule has 1 N–H and O–H groups in total. The summed E-state index contributed by atoms with van der Waals surface area (Å²) in [6.45, 7) is 4.00. The molecular weight excluding hydrogens is 390 g/mol. The molecule has 5 aromatic rings. The molecule has 3 heterocycles. The number of nitrogens with one attached hydrogen (secondary N) is 1. The first-order chi connectivity index (χ1) is 15.0. The van der Waals surface area contributed by atoms with Crippen LogP contribution in [-0.4, -0.2) is 22.4 Å². The monoisotopic (exact) mass is 411 g/mol. The van der Waals surface area contributed by atoms with Crippen LogP contribution < -0.4 is 10.1 Å². The van der Waals surface area contributed by atoms with E-state index in [0.717, 1.165) is 33.4 Å². The Hall–Kier alpha value is -4.06. The van der Waals surface area contributed by atoms with Crippen molar-refractivity contribution >= 4 is 28.2 Å². The minimum atomic E-state index is -0.316. The summed E-state index contributed by atoms with van der Waals surface area (Å²) in [7, 11) is 1.58. The second kappa shape index (κ2) is 7.32. The van der Waals surface area contributed by atoms with E-state index in [-0.39, 0.29) is 11.7 Å². The topological polar surface area (TPSA) is 68.8 Å². The van der Waals surface area contributed by atoms with Crippen LogP contribution in [0.3, 0.4) is 0 Å². The summed E-state index contributed by atoms with van der Waals surface area (Å²) in [6, 6.07) is 17.3. The van der Waals surface area contributed by atoms with Gasteiger partial charge in [0.2, 0.25) is 0 Å². The summed E-state index contributed by atoms with van der Waals surface area (Å²) in [4.78, 5) is 17.6. The Morgan fingerprint density at radius 3 is 2.81 bits per heavy atom. The molecule has 0 aliphatic carbocycles. The molecule has 0 aliphatic heterocycles. The lowest BCUT2D eigenvalue weighted by Gasteiger charge is -2.09. The first-order valence-electron chi connectivity index (χ1n) is 9.96. The molecule has 0 atom stereocenters. The van der Waals surface area contributed by atoms with Crippen molar-refractivity contribution in [3.63, 3.8) is 0 Å². The Kier molecular flexibility index (Phi) is 4.47. The number of nitrogens with zero attached hydrogens (tertiary/aromatic N) is 2. The van der Waals surface area contributed by atoms with E-state index in [1.807, 2.05) is 73.1 Å². The van der Waals surface area contributed by atoms with Crippen molar-refractivity contribution < 1.29 is 13.9 Å². The average Bonchev–Trinajstić information content (AvgIpc) is 3.39. The molecule has 0 unspecified atom stereocenters. The number of furan rings is 1. The first kappa shape index (κ1) is 18.9. The summed E-state index contributed by atoms with van der Waals surface area (Å²) in [5, 5.41) is 3.78. The number of imidazole rings is 1. The highest BCUT2D eigenvalue weighted by molar-refractivity contribution is 6.05. The number of carbonyl (C=O) groups excluding carboxylic acids is 1. The van der Waals surface area contributed by atoms with Gasteiger partial charge in [-0.25, -0.2) is 4.98 Å². The highest BCUT2D eigenvalue weighted by Crippen LogP contribution is 2.30. The summed E-state index contributed by atoms with van der Waals surface area (Å²) in [5.74, 6) is 0.508. The number of aromatic nitrogens is 2. The lowest BCUT2D eigenvalue weighted by molar-refractivity contribution is 0.0998. The van der Waals surface area contributed by atoms with Gasteiger partial charge in [-0.3, -0.25) is 4.79 Å². The second-order valence-electron chi connectivity index (χ2n) is 7.57. The van der Waals surface area contributed by atoms with E-state index in [1.54, 1.807) is 19.2 Å². The average molecular weight is 411 g/mol. The number of ether oxygens (including phenoxy) is 1. The van der Waals surface area contributed by atoms with Gasteiger partial charge in [0.25, 0.3) is 5.91 Å². The maximum absolute atomic E-state index is 12.9. The zero-order valence-corrected chi connectivity index (χ0v) is 17.5. The molecule has 1 amide bonds. The zero-order chi connectivity index (χ0) is 21.5. The van der Waals surface area contributed by atoms with Crippen molar-refractivity contribution in [1.82, 2.24) is 9.38 Å². The van der Waals surface area contributed by atoms with Gasteiger partial charge in [0.1, 0.15) is 5.65 Å². The summed E-state index contributed by atoms with van der Waals surface area (Å²) >= 11 is 0. The fourth-order valence-electron chi connectivity index (χ4n) is 3.63. The third-order valence-corrected chi connectivity index (χ3v) is 5.35. The molecule has 0 saturated carbocycles. The van der Waals surface area contributed by atoms with Gasteiger partial charge in [-0.15, -0.1) is 0 Å². The molecule has 2 aromatic carbocycles. The van der Waals surface area contributed by atoms with Crippen molar-refractivity contribution in [2.45, 2.75) is 13.8 Å². The molecule has 0 aliphatic rings. The van der Waals surface area contributed by atoms with Crippen LogP contribution in [0.2, 0.25) is 0 Å². The van der Waals surface area contributed by atoms with Gasteiger partial charge in [0.05, 0.1) is 12.8 Å². The van der Waals surface area contributed by atoms with Crippen LogP contribution in [0, 0.1) is 13.8 Å². The quantitative estimate of drug-likeness (QED) is 0.416. The maximum atomic E-state index is 12.9. The van der Waals surface area contributed by atoms with Crippen LogP contribution in [0.1, 0.15) is 21.7 Å². The SMILES string of the molecule is COc1cccc2cc(C(=O)Nc3cc(-c4cn5ccc(C)cc5n4)ccc3C)oc12. The van der Waals surface area contributed by atoms with Crippen LogP contribution in [0.5, 0.6) is 5.75 Å². The predicted molar refractivity (Wildman–Crippen MR) is 121 cm³/mol. The van der Waals surface area contributed by atoms with E-state index in [1.165, 1.54) is 0 Å². The Labute approximate surface area is 179 Å². The van der Waals surface area contributed by atoms with E-state index in [2.05, 4.69) is 5.32 Å². The Bertz CT molecular complexity index is 1450. The number of amides is 1. The van der Waals surface area contributed by atoms with Gasteiger partial charge in [0, 0.05) is 29.0 Å². The van der Waals surface area contributed by atoms with Crippen LogP contribution in [-0.2, 0) is 0 Å². The fraction of sp³-hybridized carbons (Fsp3) is 0.120. The largest absolute Gasteiger partial charge is 0.493 e. The number of carbonyl (C=O) groups is 1. The third-order valence-electron chi connectivity index (χ3n) is 5.35. The Morgan fingerprint density at radius 1 is 1.10 bits per heavy atom. The van der Waals surface area contributed by atoms with E-state index >= 15 is 0 Å². The molecule has 0 saturated heterocycles. The van der Waals surface area contributed by atoms with Crippen molar-refractivity contribution in [2.24, 2.45) is 0 Å². The number of anilines is 1. The van der Waals surface area contributed by atoms with Crippen molar-refractivity contribution in [1.29, 1.82) is 0 Å². The third kappa shape index (κ3) is 3.42. The van der Waals surface area contributed by atoms with E-state index < -0.39 is 0 Å². The molecule has 31 heavy (non-hydrogen) atoms. The molecule has 3 aromatic heterocycles. The van der Waals surface area contributed by atoms with Gasteiger partial charge < -0.3 is 18.9 Å². The number of hydrogen-bond donors (Lipinski definition) is 1. The number of hydrogen-bond acceptors (Lipinski definition) is 4. The van der Waals surface area contributed by atoms with Gasteiger partial charge in [-0.05, 0) is 55.3 Å². The highest BCUT2D eigenvalue weighted by Gasteiger charge is 2.16. The van der Waals surface area contributed by atoms with Gasteiger partial charge >= 0.3 is 0 Å². The van der Waals surface area contributed by atoms with Crippen LogP contribution in [0.4, 0.5) is 5.69 Å². The first-order valence-corrected chi connectivity index (χ1v) is 9.96. The zero-order valence-electron chi connectivity index (χ0n) is 17.5. The van der Waals surface area contributed by atoms with E-state index in [0.29, 0.717) is 17.0 Å². The predicted octanol–water partition coefficient (Wildman–Crippen LogP) is 5.63. The molecule has 0 radical (unpaired) electrons. The number of aryl methyl sites for hydroxylation is 2. The van der Waals surface area contributed by atoms with E-state index in [4.69, 9.17) is 14.1 Å². The molecule has 0 spiro atoms. The van der Waals surface area contributed by atoms with Gasteiger partial charge in [0.15, 0.2) is 17.1 Å². The van der Waals surface area contributed by atoms with Gasteiger partial charge in [-0.1, -0.05) is 24.3 Å². The lowest BCUT2D eigenvalue weighted by atomic mass is 10.1. The number of pyridine rings is 1. The Morgan fingerprint density at radius 2 is 1.97 bits per heavy atom. The molecule has 154 valence electrons. The molecule has 5 rings (SSSR count). The number of para-hydroxylation sites is 1. The Balaban J connectivity index is 1.47. The van der Waals surface area contributed by atoms with Crippen molar-refractivity contribution in [2.75, 3.05) is 12.4 Å². The van der Waals surface area contributed by atoms with Crippen LogP contribution in [0.15, 0.2) is 71.4 Å². The fourth-order valence-corrected chi connectivity index (χ4v) is 3.63. The molecule has 0 bridgehead atoms. The lowest BCUT2D eigenvalue weighted by Crippen LogP contribution is -2.11.